The van der Waals surface area contributed by atoms with Gasteiger partial charge in [-0.15, -0.1) is 0 Å². The summed E-state index contributed by atoms with van der Waals surface area (Å²) in [6.07, 6.45) is -0.166. The van der Waals surface area contributed by atoms with Crippen LogP contribution in [0.1, 0.15) is 13.8 Å². The van der Waals surface area contributed by atoms with E-state index in [2.05, 4.69) is 5.32 Å². The van der Waals surface area contributed by atoms with Crippen molar-refractivity contribution >= 4 is 15.7 Å². The average molecular weight is 284 g/mol. The maximum absolute atomic E-state index is 12.7. The fourth-order valence-electron chi connectivity index (χ4n) is 2.36. The lowest BCUT2D eigenvalue weighted by atomic mass is 10.3. The lowest BCUT2D eigenvalue weighted by Crippen LogP contribution is -2.48. The Hall–Kier alpha value is -1.11. The van der Waals surface area contributed by atoms with Crippen molar-refractivity contribution in [3.05, 3.63) is 24.3 Å². The molecule has 1 fully saturated rings. The highest BCUT2D eigenvalue weighted by atomic mass is 32.2. The van der Waals surface area contributed by atoms with Gasteiger partial charge >= 0.3 is 0 Å². The third-order valence-electron chi connectivity index (χ3n) is 3.16. The topological polar surface area (TPSA) is 58.6 Å². The molecule has 2 atom stereocenters. The summed E-state index contributed by atoms with van der Waals surface area (Å²) < 4.78 is 32.5. The van der Waals surface area contributed by atoms with Crippen molar-refractivity contribution in [3.63, 3.8) is 0 Å². The van der Waals surface area contributed by atoms with E-state index >= 15 is 0 Å². The van der Waals surface area contributed by atoms with Gasteiger partial charge in [-0.1, -0.05) is 12.1 Å². The van der Waals surface area contributed by atoms with Gasteiger partial charge in [-0.3, -0.25) is 0 Å². The molecule has 0 unspecified atom stereocenters. The maximum Gasteiger partial charge on any atom is 0.245 e. The van der Waals surface area contributed by atoms with Gasteiger partial charge in [0.05, 0.1) is 17.9 Å². The quantitative estimate of drug-likeness (QED) is 0.914. The van der Waals surface area contributed by atoms with E-state index in [1.165, 1.54) is 4.31 Å². The first-order valence-electron chi connectivity index (χ1n) is 6.37. The number of anilines is 1. The van der Waals surface area contributed by atoms with E-state index in [4.69, 9.17) is 4.74 Å². The molecule has 0 aromatic heterocycles. The average Bonchev–Trinajstić information content (AvgIpc) is 2.37. The zero-order chi connectivity index (χ0) is 14.0. The fourth-order valence-corrected chi connectivity index (χ4v) is 4.15. The minimum atomic E-state index is -3.48. The van der Waals surface area contributed by atoms with Crippen molar-refractivity contribution in [2.45, 2.75) is 31.0 Å². The molecule has 0 spiro atoms. The van der Waals surface area contributed by atoms with Crippen molar-refractivity contribution in [2.24, 2.45) is 0 Å². The Morgan fingerprint density at radius 2 is 1.79 bits per heavy atom. The van der Waals surface area contributed by atoms with Crippen LogP contribution < -0.4 is 5.32 Å². The maximum atomic E-state index is 12.7. The van der Waals surface area contributed by atoms with E-state index in [1.807, 2.05) is 19.9 Å². The molecule has 106 valence electrons. The van der Waals surface area contributed by atoms with E-state index in [9.17, 15) is 8.42 Å². The van der Waals surface area contributed by atoms with Gasteiger partial charge in [0.25, 0.3) is 0 Å². The highest BCUT2D eigenvalue weighted by Gasteiger charge is 2.33. The number of nitrogens with one attached hydrogen (secondary N) is 1. The lowest BCUT2D eigenvalue weighted by Gasteiger charge is -2.34. The number of sulfonamides is 1. The number of nitrogens with zero attached hydrogens (tertiary/aromatic N) is 1. The van der Waals surface area contributed by atoms with Crippen LogP contribution in [0.4, 0.5) is 5.69 Å². The van der Waals surface area contributed by atoms with Gasteiger partial charge < -0.3 is 10.1 Å². The largest absolute Gasteiger partial charge is 0.387 e. The van der Waals surface area contributed by atoms with Crippen LogP contribution in [0.25, 0.3) is 0 Å². The molecular formula is C13H20N2O3S. The third kappa shape index (κ3) is 2.91. The summed E-state index contributed by atoms with van der Waals surface area (Å²) >= 11 is 0. The molecule has 0 amide bonds. The first-order valence-corrected chi connectivity index (χ1v) is 7.81. The van der Waals surface area contributed by atoms with Gasteiger partial charge in [-0.05, 0) is 26.0 Å². The number of rotatable bonds is 3. The van der Waals surface area contributed by atoms with E-state index in [0.717, 1.165) is 0 Å². The van der Waals surface area contributed by atoms with E-state index in [-0.39, 0.29) is 12.2 Å². The Labute approximate surface area is 114 Å². The van der Waals surface area contributed by atoms with Crippen LogP contribution in [0.15, 0.2) is 29.2 Å². The number of hydrogen-bond donors (Lipinski definition) is 1. The molecule has 1 aromatic rings. The summed E-state index contributed by atoms with van der Waals surface area (Å²) in [6.45, 7) is 4.57. The molecule has 0 saturated carbocycles. The van der Waals surface area contributed by atoms with Crippen molar-refractivity contribution in [2.75, 3.05) is 25.5 Å². The Kier molecular flexibility index (Phi) is 4.13. The summed E-state index contributed by atoms with van der Waals surface area (Å²) in [4.78, 5) is 0.318. The second-order valence-electron chi connectivity index (χ2n) is 4.83. The molecule has 0 aliphatic carbocycles. The molecule has 0 bridgehead atoms. The standard InChI is InChI=1S/C13H20N2O3S/c1-10-8-15(9-11(2)18-10)19(16,17)13-7-5-4-6-12(13)14-3/h4-7,10-11,14H,8-9H2,1-3H3/t10-,11+. The first-order chi connectivity index (χ1) is 8.95. The molecule has 19 heavy (non-hydrogen) atoms. The SMILES string of the molecule is CNc1ccccc1S(=O)(=O)N1C[C@@H](C)O[C@@H](C)C1. The Balaban J connectivity index is 2.36. The van der Waals surface area contributed by atoms with Crippen LogP contribution >= 0.6 is 0 Å². The van der Waals surface area contributed by atoms with Crippen LogP contribution in [0.5, 0.6) is 0 Å². The van der Waals surface area contributed by atoms with Gasteiger partial charge in [0.1, 0.15) is 4.90 Å². The second kappa shape index (κ2) is 5.48. The molecule has 6 heteroatoms. The monoisotopic (exact) mass is 284 g/mol. The molecular weight excluding hydrogens is 264 g/mol. The molecule has 1 heterocycles. The number of para-hydroxylation sites is 1. The minimum Gasteiger partial charge on any atom is -0.387 e. The second-order valence-corrected chi connectivity index (χ2v) is 6.73. The van der Waals surface area contributed by atoms with Crippen LogP contribution in [0.3, 0.4) is 0 Å². The van der Waals surface area contributed by atoms with Crippen LogP contribution in [-0.2, 0) is 14.8 Å². The van der Waals surface area contributed by atoms with E-state index in [0.29, 0.717) is 23.7 Å². The third-order valence-corrected chi connectivity index (χ3v) is 5.05. The van der Waals surface area contributed by atoms with Crippen molar-refractivity contribution < 1.29 is 13.2 Å². The van der Waals surface area contributed by atoms with E-state index in [1.54, 1.807) is 25.2 Å². The Morgan fingerprint density at radius 3 is 2.37 bits per heavy atom. The molecule has 5 nitrogen and oxygen atoms in total. The van der Waals surface area contributed by atoms with Crippen LogP contribution in [-0.4, -0.2) is 45.1 Å². The smallest absolute Gasteiger partial charge is 0.245 e. The Bertz CT molecular complexity index is 535. The molecule has 1 saturated heterocycles. The van der Waals surface area contributed by atoms with Crippen LogP contribution in [0.2, 0.25) is 0 Å². The number of morpholine rings is 1. The molecule has 2 rings (SSSR count). The zero-order valence-electron chi connectivity index (χ0n) is 11.5. The highest BCUT2D eigenvalue weighted by Crippen LogP contribution is 2.26. The van der Waals surface area contributed by atoms with Crippen molar-refractivity contribution in [3.8, 4) is 0 Å². The zero-order valence-corrected chi connectivity index (χ0v) is 12.3. The van der Waals surface area contributed by atoms with E-state index < -0.39 is 10.0 Å². The van der Waals surface area contributed by atoms with Gasteiger partial charge in [0.2, 0.25) is 10.0 Å². The number of hydrogen-bond acceptors (Lipinski definition) is 4. The number of ether oxygens (including phenoxy) is 1. The predicted octanol–water partition coefficient (Wildman–Crippen LogP) is 1.53. The molecule has 1 aromatic carbocycles. The fraction of sp³-hybridized carbons (Fsp3) is 0.538. The first kappa shape index (κ1) is 14.3. The summed E-state index contributed by atoms with van der Waals surface area (Å²) in [5.41, 5.74) is 0.620. The summed E-state index contributed by atoms with van der Waals surface area (Å²) in [5.74, 6) is 0. The summed E-state index contributed by atoms with van der Waals surface area (Å²) in [6, 6.07) is 6.95. The number of benzene rings is 1. The van der Waals surface area contributed by atoms with Crippen LogP contribution in [0, 0.1) is 0 Å². The lowest BCUT2D eigenvalue weighted by molar-refractivity contribution is -0.0440. The normalized spacial score (nSPS) is 25.2. The summed E-state index contributed by atoms with van der Waals surface area (Å²) in [5, 5.41) is 2.93. The molecule has 1 aliphatic rings. The highest BCUT2D eigenvalue weighted by molar-refractivity contribution is 7.89. The Morgan fingerprint density at radius 1 is 1.21 bits per heavy atom. The van der Waals surface area contributed by atoms with Gasteiger partial charge in [-0.2, -0.15) is 4.31 Å². The van der Waals surface area contributed by atoms with Crippen molar-refractivity contribution in [1.82, 2.24) is 4.31 Å². The minimum absolute atomic E-state index is 0.0831. The molecule has 0 radical (unpaired) electrons. The van der Waals surface area contributed by atoms with Gasteiger partial charge in [0.15, 0.2) is 0 Å². The molecule has 1 N–H and O–H groups in total. The summed E-state index contributed by atoms with van der Waals surface area (Å²) in [7, 11) is -1.76. The molecule has 1 aliphatic heterocycles. The van der Waals surface area contributed by atoms with Gasteiger partial charge in [0, 0.05) is 20.1 Å². The predicted molar refractivity (Wildman–Crippen MR) is 74.8 cm³/mol. The van der Waals surface area contributed by atoms with Gasteiger partial charge in [-0.25, -0.2) is 8.42 Å². The van der Waals surface area contributed by atoms with Crippen molar-refractivity contribution in [1.29, 1.82) is 0 Å².